The van der Waals surface area contributed by atoms with Gasteiger partial charge in [-0.05, 0) is 44.1 Å². The van der Waals surface area contributed by atoms with E-state index in [0.29, 0.717) is 31.7 Å². The van der Waals surface area contributed by atoms with Crippen LogP contribution in [0.15, 0.2) is 35.2 Å². The van der Waals surface area contributed by atoms with E-state index < -0.39 is 16.8 Å². The molecule has 1 aliphatic rings. The van der Waals surface area contributed by atoms with Crippen LogP contribution in [0, 0.1) is 5.92 Å². The van der Waals surface area contributed by atoms with E-state index in [9.17, 15) is 14.1 Å². The molecule has 0 spiro atoms. The number of hydrogen-bond donors (Lipinski definition) is 0. The number of carbonyl (C=O) groups is 2. The number of carbonyl (C=O) groups excluding carboxylic acids is 2. The molecule has 24 heavy (non-hydrogen) atoms. The summed E-state index contributed by atoms with van der Waals surface area (Å²) in [5, 5.41) is 0. The molecule has 2 unspecified atom stereocenters. The van der Waals surface area contributed by atoms with E-state index in [2.05, 4.69) is 0 Å². The van der Waals surface area contributed by atoms with Gasteiger partial charge in [0.05, 0.1) is 0 Å². The maximum Gasteiger partial charge on any atom is 0.410 e. The topological polar surface area (TPSA) is 69.7 Å². The molecule has 0 aliphatic carbocycles. The Morgan fingerprint density at radius 2 is 2.00 bits per heavy atom. The van der Waals surface area contributed by atoms with E-state index >= 15 is 0 Å². The molecule has 5 nitrogen and oxygen atoms in total. The van der Waals surface area contributed by atoms with Crippen LogP contribution in [0.3, 0.4) is 0 Å². The van der Waals surface area contributed by atoms with Crippen molar-refractivity contribution in [2.45, 2.75) is 44.1 Å². The van der Waals surface area contributed by atoms with E-state index in [1.54, 1.807) is 4.90 Å². The van der Waals surface area contributed by atoms with Crippen LogP contribution >= 0.6 is 0 Å². The third-order valence-electron chi connectivity index (χ3n) is 3.83. The minimum Gasteiger partial charge on any atom is -0.611 e. The van der Waals surface area contributed by atoms with Gasteiger partial charge in [-0.3, -0.25) is 4.79 Å². The Morgan fingerprint density at radius 3 is 2.62 bits per heavy atom. The highest BCUT2D eigenvalue weighted by atomic mass is 32.2. The van der Waals surface area contributed by atoms with Crippen molar-refractivity contribution in [3.05, 3.63) is 30.3 Å². The van der Waals surface area contributed by atoms with Crippen molar-refractivity contribution in [1.82, 2.24) is 4.90 Å². The van der Waals surface area contributed by atoms with Gasteiger partial charge in [-0.15, -0.1) is 0 Å². The van der Waals surface area contributed by atoms with Gasteiger partial charge in [0.25, 0.3) is 0 Å². The van der Waals surface area contributed by atoms with Crippen LogP contribution in [0.25, 0.3) is 0 Å². The average Bonchev–Trinajstić information content (AvgIpc) is 2.53. The van der Waals surface area contributed by atoms with Crippen molar-refractivity contribution in [2.24, 2.45) is 5.92 Å². The van der Waals surface area contributed by atoms with Gasteiger partial charge in [-0.25, -0.2) is 4.79 Å². The van der Waals surface area contributed by atoms with Crippen molar-refractivity contribution >= 4 is 23.1 Å². The summed E-state index contributed by atoms with van der Waals surface area (Å²) in [5.41, 5.74) is -0.553. The van der Waals surface area contributed by atoms with Crippen LogP contribution in [0.2, 0.25) is 0 Å². The van der Waals surface area contributed by atoms with Gasteiger partial charge in [0, 0.05) is 31.8 Å². The van der Waals surface area contributed by atoms with Crippen molar-refractivity contribution in [2.75, 3.05) is 18.8 Å². The largest absolute Gasteiger partial charge is 0.611 e. The number of benzene rings is 1. The molecule has 0 bridgehead atoms. The van der Waals surface area contributed by atoms with Gasteiger partial charge in [-0.2, -0.15) is 0 Å². The summed E-state index contributed by atoms with van der Waals surface area (Å²) in [7, 11) is 0. The minimum absolute atomic E-state index is 0.139. The molecule has 1 saturated heterocycles. The lowest BCUT2D eigenvalue weighted by Crippen LogP contribution is -2.46. The first kappa shape index (κ1) is 18.8. The Balaban J connectivity index is 1.89. The number of Topliss-reactive ketones (excluding diaryl/α,β-unsaturated/α-hetero) is 1. The standard InChI is InChI=1S/C18H25NO4S/c1-18(2,3)23-17(21)19-11-9-16(20)14(13-19)10-12-24(22)15-7-5-4-6-8-15/h4-8,14H,9-13H2,1-3H3. The SMILES string of the molecule is CC(C)(C)OC(=O)N1CCC(=O)C(CC[S+]([O-])c2ccccc2)C1. The summed E-state index contributed by atoms with van der Waals surface area (Å²) in [6.45, 7) is 6.20. The number of nitrogens with zero attached hydrogens (tertiary/aromatic N) is 1. The van der Waals surface area contributed by atoms with Crippen molar-refractivity contribution in [1.29, 1.82) is 0 Å². The molecule has 1 fully saturated rings. The number of ketones is 1. The number of piperidine rings is 1. The number of rotatable bonds is 4. The minimum atomic E-state index is -1.12. The van der Waals surface area contributed by atoms with Gasteiger partial charge in [0.15, 0.2) is 4.90 Å². The van der Waals surface area contributed by atoms with Crippen LogP contribution in [0.4, 0.5) is 4.79 Å². The molecular formula is C18H25NO4S. The summed E-state index contributed by atoms with van der Waals surface area (Å²) >= 11 is -1.12. The van der Waals surface area contributed by atoms with E-state index in [1.165, 1.54) is 0 Å². The number of likely N-dealkylation sites (tertiary alicyclic amines) is 1. The summed E-state index contributed by atoms with van der Waals surface area (Å²) in [4.78, 5) is 26.6. The zero-order chi connectivity index (χ0) is 17.7. The summed E-state index contributed by atoms with van der Waals surface area (Å²) < 4.78 is 17.7. The molecule has 2 rings (SSSR count). The summed E-state index contributed by atoms with van der Waals surface area (Å²) in [6, 6.07) is 9.23. The lowest BCUT2D eigenvalue weighted by atomic mass is 9.94. The number of ether oxygens (including phenoxy) is 1. The monoisotopic (exact) mass is 351 g/mol. The predicted molar refractivity (Wildman–Crippen MR) is 93.3 cm³/mol. The molecule has 0 radical (unpaired) electrons. The molecule has 1 aromatic rings. The number of amides is 1. The lowest BCUT2D eigenvalue weighted by molar-refractivity contribution is -0.126. The fraction of sp³-hybridized carbons (Fsp3) is 0.556. The second-order valence-corrected chi connectivity index (χ2v) is 8.56. The van der Waals surface area contributed by atoms with Crippen LogP contribution in [0.5, 0.6) is 0 Å². The molecule has 1 heterocycles. The van der Waals surface area contributed by atoms with Crippen molar-refractivity contribution < 1.29 is 18.9 Å². The van der Waals surface area contributed by atoms with E-state index in [0.717, 1.165) is 4.90 Å². The third-order valence-corrected chi connectivity index (χ3v) is 5.24. The molecule has 1 aliphatic heterocycles. The average molecular weight is 351 g/mol. The molecule has 0 N–H and O–H groups in total. The van der Waals surface area contributed by atoms with E-state index in [1.807, 2.05) is 51.1 Å². The summed E-state index contributed by atoms with van der Waals surface area (Å²) in [6.07, 6.45) is 0.464. The quantitative estimate of drug-likeness (QED) is 0.782. The van der Waals surface area contributed by atoms with Crippen LogP contribution in [0.1, 0.15) is 33.6 Å². The molecule has 132 valence electrons. The molecule has 6 heteroatoms. The van der Waals surface area contributed by atoms with Gasteiger partial charge in [0.1, 0.15) is 17.1 Å². The second kappa shape index (κ2) is 8.03. The van der Waals surface area contributed by atoms with Crippen molar-refractivity contribution in [3.8, 4) is 0 Å². The number of hydrogen-bond acceptors (Lipinski definition) is 4. The van der Waals surface area contributed by atoms with Crippen LogP contribution < -0.4 is 0 Å². The first-order chi connectivity index (χ1) is 11.3. The Bertz CT molecular complexity index is 570. The molecule has 0 saturated carbocycles. The van der Waals surface area contributed by atoms with Crippen LogP contribution in [-0.2, 0) is 20.7 Å². The van der Waals surface area contributed by atoms with Gasteiger partial charge in [0.2, 0.25) is 0 Å². The fourth-order valence-corrected chi connectivity index (χ4v) is 3.79. The van der Waals surface area contributed by atoms with Gasteiger partial charge < -0.3 is 14.2 Å². The third kappa shape index (κ3) is 5.53. The van der Waals surface area contributed by atoms with E-state index in [4.69, 9.17) is 4.74 Å². The maximum absolute atomic E-state index is 12.3. The maximum atomic E-state index is 12.3. The van der Waals surface area contributed by atoms with Crippen molar-refractivity contribution in [3.63, 3.8) is 0 Å². The normalized spacial score (nSPS) is 19.9. The molecule has 2 atom stereocenters. The van der Waals surface area contributed by atoms with Gasteiger partial charge >= 0.3 is 6.09 Å². The van der Waals surface area contributed by atoms with Crippen LogP contribution in [-0.4, -0.2) is 45.8 Å². The Labute approximate surface area is 146 Å². The highest BCUT2D eigenvalue weighted by Crippen LogP contribution is 2.21. The Hall–Kier alpha value is -1.53. The van der Waals surface area contributed by atoms with Gasteiger partial charge in [-0.1, -0.05) is 18.2 Å². The Morgan fingerprint density at radius 1 is 1.33 bits per heavy atom. The molecule has 1 aromatic carbocycles. The molecule has 1 amide bonds. The second-order valence-electron chi connectivity index (χ2n) is 6.99. The highest BCUT2D eigenvalue weighted by Gasteiger charge is 2.33. The predicted octanol–water partition coefficient (Wildman–Crippen LogP) is 3.01. The highest BCUT2D eigenvalue weighted by molar-refractivity contribution is 7.91. The zero-order valence-electron chi connectivity index (χ0n) is 14.5. The first-order valence-electron chi connectivity index (χ1n) is 8.20. The lowest BCUT2D eigenvalue weighted by Gasteiger charge is -2.33. The first-order valence-corrected chi connectivity index (χ1v) is 9.52. The smallest absolute Gasteiger partial charge is 0.410 e. The Kier molecular flexibility index (Phi) is 6.29. The fourth-order valence-electron chi connectivity index (χ4n) is 2.59. The zero-order valence-corrected chi connectivity index (χ0v) is 15.3. The molecular weight excluding hydrogens is 326 g/mol. The van der Waals surface area contributed by atoms with E-state index in [-0.39, 0.29) is 17.8 Å². The molecule has 0 aromatic heterocycles. The summed E-state index contributed by atoms with van der Waals surface area (Å²) in [5.74, 6) is 0.293.